The van der Waals surface area contributed by atoms with Gasteiger partial charge in [-0.15, -0.1) is 0 Å². The van der Waals surface area contributed by atoms with Crippen LogP contribution in [0.3, 0.4) is 0 Å². The van der Waals surface area contributed by atoms with E-state index in [9.17, 15) is 18.0 Å². The molecule has 4 aromatic rings. The smallest absolute Gasteiger partial charge is 0.296 e. The SMILES string of the molecule is Cc1c(N(C)S(=O)(=O)c2ccc(Cl)c(C(=O)N3CCN(Cc4ccccc4)C(C(C)C)C3)c2)c(=O)n(-c2ccccc2)n1C. The maximum atomic E-state index is 13.9. The van der Waals surface area contributed by atoms with Crippen molar-refractivity contribution in [2.45, 2.75) is 38.3 Å². The van der Waals surface area contributed by atoms with E-state index in [-0.39, 0.29) is 33.1 Å². The van der Waals surface area contributed by atoms with E-state index in [1.54, 1.807) is 35.7 Å². The molecule has 5 rings (SSSR count). The normalized spacial score (nSPS) is 16.0. The first-order chi connectivity index (χ1) is 20.9. The first-order valence-corrected chi connectivity index (χ1v) is 16.4. The van der Waals surface area contributed by atoms with E-state index < -0.39 is 15.6 Å². The van der Waals surface area contributed by atoms with Crippen LogP contribution in [-0.2, 0) is 23.6 Å². The lowest BCUT2D eigenvalue weighted by Crippen LogP contribution is -2.56. The predicted octanol–water partition coefficient (Wildman–Crippen LogP) is 4.95. The van der Waals surface area contributed by atoms with Gasteiger partial charge in [-0.25, -0.2) is 13.1 Å². The van der Waals surface area contributed by atoms with E-state index in [1.807, 2.05) is 36.4 Å². The number of anilines is 1. The molecule has 232 valence electrons. The molecule has 1 amide bonds. The third-order valence-electron chi connectivity index (χ3n) is 8.48. The minimum atomic E-state index is -4.22. The van der Waals surface area contributed by atoms with Crippen LogP contribution in [0.15, 0.2) is 88.6 Å². The van der Waals surface area contributed by atoms with Crippen LogP contribution < -0.4 is 9.86 Å². The van der Waals surface area contributed by atoms with Crippen molar-refractivity contribution in [2.75, 3.05) is 31.0 Å². The first-order valence-electron chi connectivity index (χ1n) is 14.6. The Labute approximate surface area is 263 Å². The molecule has 2 heterocycles. The maximum Gasteiger partial charge on any atom is 0.296 e. The number of aromatic nitrogens is 2. The lowest BCUT2D eigenvalue weighted by atomic mass is 9.98. The third-order valence-corrected chi connectivity index (χ3v) is 10.6. The van der Waals surface area contributed by atoms with Crippen LogP contribution >= 0.6 is 11.6 Å². The highest BCUT2D eigenvalue weighted by atomic mass is 35.5. The van der Waals surface area contributed by atoms with Gasteiger partial charge in [0.25, 0.3) is 21.5 Å². The fourth-order valence-electron chi connectivity index (χ4n) is 5.87. The molecule has 44 heavy (non-hydrogen) atoms. The Hall–Kier alpha value is -3.86. The summed E-state index contributed by atoms with van der Waals surface area (Å²) in [5.74, 6) is -0.0266. The second-order valence-electron chi connectivity index (χ2n) is 11.5. The Bertz CT molecular complexity index is 1820. The Morgan fingerprint density at radius 3 is 2.27 bits per heavy atom. The Balaban J connectivity index is 1.42. The van der Waals surface area contributed by atoms with Gasteiger partial charge in [0.15, 0.2) is 0 Å². The van der Waals surface area contributed by atoms with E-state index in [0.717, 1.165) is 10.8 Å². The zero-order valence-corrected chi connectivity index (χ0v) is 27.2. The minimum absolute atomic E-state index is 0.0218. The molecular formula is C33H38ClN5O4S. The number of carbonyl (C=O) groups excluding carboxylic acids is 1. The van der Waals surface area contributed by atoms with Crippen LogP contribution in [0, 0.1) is 12.8 Å². The molecule has 1 aliphatic rings. The Morgan fingerprint density at radius 2 is 1.64 bits per heavy atom. The number of amides is 1. The molecule has 9 nitrogen and oxygen atoms in total. The monoisotopic (exact) mass is 635 g/mol. The molecule has 3 aromatic carbocycles. The number of rotatable bonds is 8. The molecular weight excluding hydrogens is 598 g/mol. The molecule has 11 heteroatoms. The summed E-state index contributed by atoms with van der Waals surface area (Å²) in [5, 5.41) is 0.173. The van der Waals surface area contributed by atoms with Crippen LogP contribution in [-0.4, -0.2) is 66.2 Å². The largest absolute Gasteiger partial charge is 0.336 e. The Morgan fingerprint density at radius 1 is 1.00 bits per heavy atom. The fourth-order valence-corrected chi connectivity index (χ4v) is 7.34. The molecule has 1 unspecified atom stereocenters. The number of hydrogen-bond acceptors (Lipinski definition) is 5. The summed E-state index contributed by atoms with van der Waals surface area (Å²) in [4.78, 5) is 31.4. The number of halogens is 1. The van der Waals surface area contributed by atoms with Gasteiger partial charge < -0.3 is 4.90 Å². The number of piperazine rings is 1. The lowest BCUT2D eigenvalue weighted by Gasteiger charge is -2.43. The minimum Gasteiger partial charge on any atom is -0.336 e. The van der Waals surface area contributed by atoms with Crippen LogP contribution in [0.25, 0.3) is 5.69 Å². The molecule has 1 aliphatic heterocycles. The van der Waals surface area contributed by atoms with Crippen molar-refractivity contribution in [1.82, 2.24) is 19.2 Å². The van der Waals surface area contributed by atoms with Gasteiger partial charge in [-0.05, 0) is 48.7 Å². The van der Waals surface area contributed by atoms with Gasteiger partial charge in [0.1, 0.15) is 5.69 Å². The maximum absolute atomic E-state index is 13.9. The molecule has 0 spiro atoms. The van der Waals surface area contributed by atoms with Gasteiger partial charge in [0.2, 0.25) is 0 Å². The second kappa shape index (κ2) is 12.6. The fraction of sp³-hybridized carbons (Fsp3) is 0.333. The number of nitrogens with zero attached hydrogens (tertiary/aromatic N) is 5. The van der Waals surface area contributed by atoms with Gasteiger partial charge in [-0.3, -0.25) is 23.5 Å². The predicted molar refractivity (Wildman–Crippen MR) is 174 cm³/mol. The average Bonchev–Trinajstić information content (AvgIpc) is 3.24. The highest BCUT2D eigenvalue weighted by Crippen LogP contribution is 2.29. The van der Waals surface area contributed by atoms with Gasteiger partial charge in [0.05, 0.1) is 26.9 Å². The van der Waals surface area contributed by atoms with E-state index >= 15 is 0 Å². The van der Waals surface area contributed by atoms with Crippen LogP contribution in [0.4, 0.5) is 5.69 Å². The number of carbonyl (C=O) groups is 1. The van der Waals surface area contributed by atoms with Crippen LogP contribution in [0.1, 0.15) is 35.5 Å². The molecule has 0 radical (unpaired) electrons. The lowest BCUT2D eigenvalue weighted by molar-refractivity contribution is 0.0343. The number of benzene rings is 3. The van der Waals surface area contributed by atoms with Crippen molar-refractivity contribution in [3.63, 3.8) is 0 Å². The first kappa shape index (κ1) is 31.6. The summed E-state index contributed by atoms with van der Waals surface area (Å²) >= 11 is 6.51. The molecule has 1 aromatic heterocycles. The van der Waals surface area contributed by atoms with Gasteiger partial charge in [-0.1, -0.05) is 74.0 Å². The summed E-state index contributed by atoms with van der Waals surface area (Å²) in [5.41, 5.74) is 1.97. The summed E-state index contributed by atoms with van der Waals surface area (Å²) < 4.78 is 31.9. The van der Waals surface area contributed by atoms with E-state index in [2.05, 4.69) is 30.9 Å². The summed E-state index contributed by atoms with van der Waals surface area (Å²) in [6.07, 6.45) is 0. The molecule has 1 saturated heterocycles. The van der Waals surface area contributed by atoms with E-state index in [1.165, 1.54) is 35.5 Å². The van der Waals surface area contributed by atoms with E-state index in [4.69, 9.17) is 11.6 Å². The zero-order chi connectivity index (χ0) is 31.8. The highest BCUT2D eigenvalue weighted by molar-refractivity contribution is 7.92. The summed E-state index contributed by atoms with van der Waals surface area (Å²) in [6, 6.07) is 23.5. The van der Waals surface area contributed by atoms with Crippen molar-refractivity contribution in [2.24, 2.45) is 13.0 Å². The molecule has 0 saturated carbocycles. The third kappa shape index (κ3) is 5.94. The number of sulfonamides is 1. The van der Waals surface area contributed by atoms with Crippen molar-refractivity contribution in [1.29, 1.82) is 0 Å². The van der Waals surface area contributed by atoms with Crippen molar-refractivity contribution < 1.29 is 13.2 Å². The summed E-state index contributed by atoms with van der Waals surface area (Å²) in [7, 11) is -1.17. The molecule has 1 atom stereocenters. The quantitative estimate of drug-likeness (QED) is 0.274. The molecule has 0 bridgehead atoms. The highest BCUT2D eigenvalue weighted by Gasteiger charge is 2.34. The van der Waals surface area contributed by atoms with Crippen molar-refractivity contribution >= 4 is 33.2 Å². The van der Waals surface area contributed by atoms with Gasteiger partial charge >= 0.3 is 0 Å². The number of hydrogen-bond donors (Lipinski definition) is 0. The van der Waals surface area contributed by atoms with Gasteiger partial charge in [-0.2, -0.15) is 0 Å². The Kier molecular flexibility index (Phi) is 9.06. The summed E-state index contributed by atoms with van der Waals surface area (Å²) in [6.45, 7) is 8.44. The zero-order valence-electron chi connectivity index (χ0n) is 25.6. The topological polar surface area (TPSA) is 87.9 Å². The van der Waals surface area contributed by atoms with Crippen molar-refractivity contribution in [3.05, 3.63) is 111 Å². The van der Waals surface area contributed by atoms with Crippen molar-refractivity contribution in [3.8, 4) is 5.69 Å². The van der Waals surface area contributed by atoms with E-state index in [0.29, 0.717) is 36.9 Å². The average molecular weight is 636 g/mol. The molecule has 0 N–H and O–H groups in total. The van der Waals surface area contributed by atoms with Gasteiger partial charge in [0, 0.05) is 46.3 Å². The van der Waals surface area contributed by atoms with Crippen LogP contribution in [0.5, 0.6) is 0 Å². The molecule has 1 fully saturated rings. The second-order valence-corrected chi connectivity index (χ2v) is 13.9. The molecule has 0 aliphatic carbocycles. The number of para-hydroxylation sites is 1. The standard InChI is InChI=1S/C33H38ClN5O4S/c1-23(2)30-22-38(19-18-37(30)21-25-12-8-6-9-13-25)32(40)28-20-27(16-17-29(28)34)44(42,43)36(5)31-24(3)35(4)39(33(31)41)26-14-10-7-11-15-26/h6-17,20,23,30H,18-19,21-22H2,1-5H3. The van der Waals surface area contributed by atoms with Crippen LogP contribution in [0.2, 0.25) is 5.02 Å².